The predicted molar refractivity (Wildman–Crippen MR) is 53.4 cm³/mol. The van der Waals surface area contributed by atoms with E-state index in [-0.39, 0.29) is 0 Å². The second-order valence-electron chi connectivity index (χ2n) is 4.26. The van der Waals surface area contributed by atoms with E-state index in [1.807, 2.05) is 0 Å². The van der Waals surface area contributed by atoms with Gasteiger partial charge >= 0.3 is 0 Å². The van der Waals surface area contributed by atoms with E-state index in [4.69, 9.17) is 0 Å². The van der Waals surface area contributed by atoms with Crippen LogP contribution < -0.4 is 5.32 Å². The molecule has 0 aromatic heterocycles. The Hall–Kier alpha value is -0.0800. The van der Waals surface area contributed by atoms with Crippen molar-refractivity contribution < 1.29 is 0 Å². The molecule has 0 spiro atoms. The van der Waals surface area contributed by atoms with Gasteiger partial charge in [0.25, 0.3) is 0 Å². The summed E-state index contributed by atoms with van der Waals surface area (Å²) >= 11 is 0. The Labute approximate surface area is 76.3 Å². The molecule has 0 radical (unpaired) electrons. The zero-order valence-electron chi connectivity index (χ0n) is 8.64. The summed E-state index contributed by atoms with van der Waals surface area (Å²) < 4.78 is 0. The highest BCUT2D eigenvalue weighted by atomic mass is 15.2. The van der Waals surface area contributed by atoms with Gasteiger partial charge in [0.15, 0.2) is 0 Å². The molecule has 0 bridgehead atoms. The highest BCUT2D eigenvalue weighted by molar-refractivity contribution is 4.74. The highest BCUT2D eigenvalue weighted by Gasteiger charge is 2.16. The monoisotopic (exact) mass is 170 g/mol. The van der Waals surface area contributed by atoms with Gasteiger partial charge < -0.3 is 5.32 Å². The zero-order chi connectivity index (χ0) is 8.97. The Morgan fingerprint density at radius 1 is 1.17 bits per heavy atom. The largest absolute Gasteiger partial charge is 0.314 e. The lowest BCUT2D eigenvalue weighted by Gasteiger charge is -2.33. The molecule has 2 nitrogen and oxygen atoms in total. The minimum Gasteiger partial charge on any atom is -0.314 e. The van der Waals surface area contributed by atoms with Gasteiger partial charge in [0.2, 0.25) is 0 Å². The van der Waals surface area contributed by atoms with Gasteiger partial charge in [0.05, 0.1) is 0 Å². The van der Waals surface area contributed by atoms with E-state index in [9.17, 15) is 0 Å². The first kappa shape index (κ1) is 10.0. The number of rotatable bonds is 3. The van der Waals surface area contributed by atoms with E-state index in [1.165, 1.54) is 32.6 Å². The normalized spacial score (nSPS) is 23.0. The quantitative estimate of drug-likeness (QED) is 0.687. The second-order valence-corrected chi connectivity index (χ2v) is 4.26. The Morgan fingerprint density at radius 2 is 1.75 bits per heavy atom. The summed E-state index contributed by atoms with van der Waals surface area (Å²) in [5, 5.41) is 3.38. The molecule has 2 heteroatoms. The first-order chi connectivity index (χ1) is 5.70. The smallest absolute Gasteiger partial charge is 0.0110 e. The Balaban J connectivity index is 2.24. The lowest BCUT2D eigenvalue weighted by atomic mass is 10.0. The molecule has 0 saturated carbocycles. The van der Waals surface area contributed by atoms with E-state index < -0.39 is 0 Å². The van der Waals surface area contributed by atoms with Crippen molar-refractivity contribution in [3.63, 3.8) is 0 Å². The maximum atomic E-state index is 3.38. The van der Waals surface area contributed by atoms with Crippen LogP contribution in [0.1, 0.15) is 27.2 Å². The van der Waals surface area contributed by atoms with E-state index in [0.29, 0.717) is 0 Å². The molecular formula is C10H22N2. The van der Waals surface area contributed by atoms with E-state index in [0.717, 1.165) is 12.0 Å². The van der Waals surface area contributed by atoms with Gasteiger partial charge in [0, 0.05) is 32.2 Å². The third-order valence-electron chi connectivity index (χ3n) is 2.59. The van der Waals surface area contributed by atoms with Crippen LogP contribution >= 0.6 is 0 Å². The maximum absolute atomic E-state index is 3.38. The van der Waals surface area contributed by atoms with E-state index in [2.05, 4.69) is 31.0 Å². The molecule has 0 unspecified atom stereocenters. The lowest BCUT2D eigenvalue weighted by Crippen LogP contribution is -2.47. The third kappa shape index (κ3) is 3.11. The van der Waals surface area contributed by atoms with Crippen LogP contribution in [0.3, 0.4) is 0 Å². The average Bonchev–Trinajstić information content (AvgIpc) is 2.05. The second kappa shape index (κ2) is 4.83. The van der Waals surface area contributed by atoms with Crippen molar-refractivity contribution in [2.24, 2.45) is 5.92 Å². The van der Waals surface area contributed by atoms with Crippen molar-refractivity contribution in [2.75, 3.05) is 26.2 Å². The van der Waals surface area contributed by atoms with Crippen LogP contribution in [0.25, 0.3) is 0 Å². The molecule has 1 rings (SSSR count). The molecule has 1 heterocycles. The average molecular weight is 170 g/mol. The molecule has 1 fully saturated rings. The van der Waals surface area contributed by atoms with Gasteiger partial charge in [0.1, 0.15) is 0 Å². The molecular weight excluding hydrogens is 148 g/mol. The molecule has 0 aliphatic carbocycles. The van der Waals surface area contributed by atoms with Crippen LogP contribution in [0, 0.1) is 5.92 Å². The van der Waals surface area contributed by atoms with Crippen molar-refractivity contribution in [3.8, 4) is 0 Å². The summed E-state index contributed by atoms with van der Waals surface area (Å²) in [6.07, 6.45) is 1.33. The number of hydrogen-bond donors (Lipinski definition) is 1. The molecule has 0 amide bonds. The van der Waals surface area contributed by atoms with Crippen LogP contribution in [-0.4, -0.2) is 37.1 Å². The Kier molecular flexibility index (Phi) is 4.02. The first-order valence-electron chi connectivity index (χ1n) is 5.15. The first-order valence-corrected chi connectivity index (χ1v) is 5.15. The number of piperazine rings is 1. The van der Waals surface area contributed by atoms with Gasteiger partial charge in [-0.25, -0.2) is 0 Å². The lowest BCUT2D eigenvalue weighted by molar-refractivity contribution is 0.165. The summed E-state index contributed by atoms with van der Waals surface area (Å²) in [5.74, 6) is 0.829. The van der Waals surface area contributed by atoms with Crippen LogP contribution in [-0.2, 0) is 0 Å². The van der Waals surface area contributed by atoms with E-state index >= 15 is 0 Å². The fraction of sp³-hybridized carbons (Fsp3) is 1.00. The van der Waals surface area contributed by atoms with Gasteiger partial charge in [-0.2, -0.15) is 0 Å². The summed E-state index contributed by atoms with van der Waals surface area (Å²) in [5.41, 5.74) is 0. The summed E-state index contributed by atoms with van der Waals surface area (Å²) in [6.45, 7) is 11.8. The summed E-state index contributed by atoms with van der Waals surface area (Å²) in [4.78, 5) is 2.59. The standard InChI is InChI=1S/C10H22N2/c1-9(2)8-10(3)12-6-4-11-5-7-12/h9-11H,4-8H2,1-3H3/t10-/m0/s1. The molecule has 1 saturated heterocycles. The van der Waals surface area contributed by atoms with E-state index in [1.54, 1.807) is 0 Å². The zero-order valence-corrected chi connectivity index (χ0v) is 8.64. The van der Waals surface area contributed by atoms with Crippen LogP contribution in [0.15, 0.2) is 0 Å². The van der Waals surface area contributed by atoms with Crippen molar-refractivity contribution in [2.45, 2.75) is 33.2 Å². The molecule has 1 atom stereocenters. The minimum absolute atomic E-state index is 0.770. The predicted octanol–water partition coefficient (Wildman–Crippen LogP) is 1.33. The Morgan fingerprint density at radius 3 is 2.25 bits per heavy atom. The summed E-state index contributed by atoms with van der Waals surface area (Å²) in [7, 11) is 0. The highest BCUT2D eigenvalue weighted by Crippen LogP contribution is 2.11. The summed E-state index contributed by atoms with van der Waals surface area (Å²) in [6, 6.07) is 0.770. The minimum atomic E-state index is 0.770. The van der Waals surface area contributed by atoms with Crippen LogP contribution in [0.5, 0.6) is 0 Å². The molecule has 1 aliphatic heterocycles. The fourth-order valence-corrected chi connectivity index (χ4v) is 1.95. The molecule has 0 aromatic rings. The van der Waals surface area contributed by atoms with Crippen molar-refractivity contribution in [1.29, 1.82) is 0 Å². The molecule has 12 heavy (non-hydrogen) atoms. The van der Waals surface area contributed by atoms with Gasteiger partial charge in [-0.1, -0.05) is 13.8 Å². The van der Waals surface area contributed by atoms with Crippen molar-refractivity contribution >= 4 is 0 Å². The Bertz CT molecular complexity index is 117. The molecule has 0 aromatic carbocycles. The third-order valence-corrected chi connectivity index (χ3v) is 2.59. The number of nitrogens with one attached hydrogen (secondary N) is 1. The van der Waals surface area contributed by atoms with Crippen LogP contribution in [0.4, 0.5) is 0 Å². The van der Waals surface area contributed by atoms with Crippen molar-refractivity contribution in [3.05, 3.63) is 0 Å². The molecule has 1 N–H and O–H groups in total. The van der Waals surface area contributed by atoms with Gasteiger partial charge in [-0.05, 0) is 19.3 Å². The molecule has 1 aliphatic rings. The number of nitrogens with zero attached hydrogens (tertiary/aromatic N) is 1. The van der Waals surface area contributed by atoms with Crippen LogP contribution in [0.2, 0.25) is 0 Å². The topological polar surface area (TPSA) is 15.3 Å². The molecule has 72 valence electrons. The van der Waals surface area contributed by atoms with Gasteiger partial charge in [-0.15, -0.1) is 0 Å². The van der Waals surface area contributed by atoms with Gasteiger partial charge in [-0.3, -0.25) is 4.90 Å². The SMILES string of the molecule is CC(C)C[C@H](C)N1CCNCC1. The van der Waals surface area contributed by atoms with Crippen molar-refractivity contribution in [1.82, 2.24) is 10.2 Å². The maximum Gasteiger partial charge on any atom is 0.0110 e. The number of hydrogen-bond acceptors (Lipinski definition) is 2. The fourth-order valence-electron chi connectivity index (χ4n) is 1.95.